The molecule has 4 rings (SSSR count). The summed E-state index contributed by atoms with van der Waals surface area (Å²) in [5, 5.41) is 10.0. The first-order valence-corrected chi connectivity index (χ1v) is 11.4. The van der Waals surface area contributed by atoms with Crippen LogP contribution in [0.25, 0.3) is 0 Å². The normalized spacial score (nSPS) is 25.1. The summed E-state index contributed by atoms with van der Waals surface area (Å²) in [6.45, 7) is 3.30. The third kappa shape index (κ3) is 4.53. The number of thiocarbonyl (C=S) groups is 1. The standard InChI is InChI=1S/C22H29N3S2/c1-2-16-7-3-4-11-21(16)24-22(26)23-17-13-18-8-5-9-19(14-17)25(18)15-20-10-6-12-27-20/h3-4,6-7,10-12,17-19H,2,5,8-9,13-15H2,1H3,(H2,23,24,26)/t17?,18-,19+. The highest BCUT2D eigenvalue weighted by Gasteiger charge is 2.38. The van der Waals surface area contributed by atoms with E-state index in [1.54, 1.807) is 0 Å². The van der Waals surface area contributed by atoms with Gasteiger partial charge in [-0.25, -0.2) is 0 Å². The number of benzene rings is 1. The Morgan fingerprint density at radius 3 is 2.63 bits per heavy atom. The van der Waals surface area contributed by atoms with Gasteiger partial charge in [0, 0.05) is 35.2 Å². The van der Waals surface area contributed by atoms with Crippen LogP contribution in [0.5, 0.6) is 0 Å². The fourth-order valence-electron chi connectivity index (χ4n) is 4.73. The molecule has 27 heavy (non-hydrogen) atoms. The number of fused-ring (bicyclic) bond motifs is 2. The zero-order valence-corrected chi connectivity index (χ0v) is 17.6. The summed E-state index contributed by atoms with van der Waals surface area (Å²) in [6, 6.07) is 14.7. The molecule has 2 saturated heterocycles. The van der Waals surface area contributed by atoms with E-state index < -0.39 is 0 Å². The van der Waals surface area contributed by atoms with Crippen molar-refractivity contribution in [3.05, 3.63) is 52.2 Å². The molecule has 2 aliphatic heterocycles. The molecule has 2 aliphatic rings. The Balaban J connectivity index is 1.36. The second kappa shape index (κ2) is 8.72. The minimum atomic E-state index is 0.480. The van der Waals surface area contributed by atoms with E-state index in [1.165, 1.54) is 42.5 Å². The van der Waals surface area contributed by atoms with Gasteiger partial charge in [-0.05, 0) is 67.4 Å². The van der Waals surface area contributed by atoms with Crippen molar-refractivity contribution in [2.75, 3.05) is 5.32 Å². The molecule has 3 atom stereocenters. The molecule has 0 saturated carbocycles. The van der Waals surface area contributed by atoms with E-state index in [9.17, 15) is 0 Å². The molecule has 0 aliphatic carbocycles. The van der Waals surface area contributed by atoms with Crippen LogP contribution >= 0.6 is 23.6 Å². The van der Waals surface area contributed by atoms with Gasteiger partial charge in [0.1, 0.15) is 0 Å². The van der Waals surface area contributed by atoms with Crippen LogP contribution in [0, 0.1) is 0 Å². The Hall–Kier alpha value is -1.43. The van der Waals surface area contributed by atoms with Gasteiger partial charge in [-0.15, -0.1) is 11.3 Å². The second-order valence-electron chi connectivity index (χ2n) is 7.77. The molecular formula is C22H29N3S2. The van der Waals surface area contributed by atoms with Crippen LogP contribution in [-0.4, -0.2) is 28.1 Å². The Labute approximate surface area is 172 Å². The zero-order chi connectivity index (χ0) is 18.6. The molecular weight excluding hydrogens is 370 g/mol. The molecule has 1 aromatic carbocycles. The van der Waals surface area contributed by atoms with Crippen molar-refractivity contribution in [3.63, 3.8) is 0 Å². The van der Waals surface area contributed by atoms with Gasteiger partial charge in [-0.1, -0.05) is 37.6 Å². The molecule has 1 unspecified atom stereocenters. The van der Waals surface area contributed by atoms with E-state index in [0.29, 0.717) is 18.1 Å². The summed E-state index contributed by atoms with van der Waals surface area (Å²) in [6.07, 6.45) is 7.41. The number of aryl methyl sites for hydroxylation is 1. The van der Waals surface area contributed by atoms with Crippen LogP contribution in [0.2, 0.25) is 0 Å². The van der Waals surface area contributed by atoms with Gasteiger partial charge in [0.15, 0.2) is 5.11 Å². The molecule has 3 heterocycles. The molecule has 1 aromatic heterocycles. The largest absolute Gasteiger partial charge is 0.360 e. The summed E-state index contributed by atoms with van der Waals surface area (Å²) in [4.78, 5) is 4.25. The summed E-state index contributed by atoms with van der Waals surface area (Å²) in [5.74, 6) is 0. The van der Waals surface area contributed by atoms with E-state index in [0.717, 1.165) is 23.8 Å². The highest BCUT2D eigenvalue weighted by Crippen LogP contribution is 2.35. The fraction of sp³-hybridized carbons (Fsp3) is 0.500. The molecule has 0 amide bonds. The van der Waals surface area contributed by atoms with Crippen molar-refractivity contribution >= 4 is 34.4 Å². The van der Waals surface area contributed by atoms with Crippen molar-refractivity contribution in [1.29, 1.82) is 0 Å². The number of nitrogens with one attached hydrogen (secondary N) is 2. The van der Waals surface area contributed by atoms with Crippen molar-refractivity contribution in [2.45, 2.75) is 70.1 Å². The van der Waals surface area contributed by atoms with E-state index in [2.05, 4.69) is 64.2 Å². The minimum Gasteiger partial charge on any atom is -0.360 e. The van der Waals surface area contributed by atoms with Crippen molar-refractivity contribution in [2.24, 2.45) is 0 Å². The predicted octanol–water partition coefficient (Wildman–Crippen LogP) is 5.18. The summed E-state index contributed by atoms with van der Waals surface area (Å²) >= 11 is 7.53. The lowest BCUT2D eigenvalue weighted by Crippen LogP contribution is -2.56. The van der Waals surface area contributed by atoms with Gasteiger partial charge < -0.3 is 10.6 Å². The Morgan fingerprint density at radius 2 is 1.93 bits per heavy atom. The van der Waals surface area contributed by atoms with Crippen LogP contribution in [0.1, 0.15) is 49.5 Å². The van der Waals surface area contributed by atoms with Crippen molar-refractivity contribution in [3.8, 4) is 0 Å². The summed E-state index contributed by atoms with van der Waals surface area (Å²) in [7, 11) is 0. The number of rotatable bonds is 5. The van der Waals surface area contributed by atoms with Crippen LogP contribution in [0.4, 0.5) is 5.69 Å². The number of nitrogens with zero attached hydrogens (tertiary/aromatic N) is 1. The summed E-state index contributed by atoms with van der Waals surface area (Å²) in [5.41, 5.74) is 2.44. The quantitative estimate of drug-likeness (QED) is 0.677. The first-order valence-electron chi connectivity index (χ1n) is 10.2. The van der Waals surface area contributed by atoms with Crippen molar-refractivity contribution < 1.29 is 0 Å². The first kappa shape index (κ1) is 18.9. The third-order valence-electron chi connectivity index (χ3n) is 6.03. The van der Waals surface area contributed by atoms with Gasteiger partial charge in [-0.2, -0.15) is 0 Å². The summed E-state index contributed by atoms with van der Waals surface area (Å²) < 4.78 is 0. The average molecular weight is 400 g/mol. The Kier molecular flexibility index (Phi) is 6.11. The fourth-order valence-corrected chi connectivity index (χ4v) is 5.72. The van der Waals surface area contributed by atoms with Crippen LogP contribution in [-0.2, 0) is 13.0 Å². The predicted molar refractivity (Wildman–Crippen MR) is 119 cm³/mol. The van der Waals surface area contributed by atoms with Gasteiger partial charge in [0.05, 0.1) is 0 Å². The molecule has 3 nitrogen and oxygen atoms in total. The molecule has 2 fully saturated rings. The highest BCUT2D eigenvalue weighted by molar-refractivity contribution is 7.80. The molecule has 2 bridgehead atoms. The van der Waals surface area contributed by atoms with Crippen molar-refractivity contribution in [1.82, 2.24) is 10.2 Å². The van der Waals surface area contributed by atoms with E-state index in [4.69, 9.17) is 12.2 Å². The number of hydrogen-bond donors (Lipinski definition) is 2. The molecule has 0 radical (unpaired) electrons. The maximum atomic E-state index is 5.64. The zero-order valence-electron chi connectivity index (χ0n) is 16.0. The smallest absolute Gasteiger partial charge is 0.171 e. The average Bonchev–Trinajstić information content (AvgIpc) is 3.16. The number of piperidine rings is 2. The highest BCUT2D eigenvalue weighted by atomic mass is 32.1. The lowest BCUT2D eigenvalue weighted by atomic mass is 9.81. The molecule has 2 aromatic rings. The Bertz CT molecular complexity index is 745. The third-order valence-corrected chi connectivity index (χ3v) is 7.11. The van der Waals surface area contributed by atoms with E-state index >= 15 is 0 Å². The monoisotopic (exact) mass is 399 g/mol. The van der Waals surface area contributed by atoms with Gasteiger partial charge >= 0.3 is 0 Å². The lowest BCUT2D eigenvalue weighted by Gasteiger charge is -2.49. The van der Waals surface area contributed by atoms with E-state index in [1.807, 2.05) is 11.3 Å². The topological polar surface area (TPSA) is 27.3 Å². The minimum absolute atomic E-state index is 0.480. The molecule has 2 N–H and O–H groups in total. The maximum absolute atomic E-state index is 5.64. The maximum Gasteiger partial charge on any atom is 0.171 e. The van der Waals surface area contributed by atoms with Gasteiger partial charge in [0.2, 0.25) is 0 Å². The first-order chi connectivity index (χ1) is 13.2. The van der Waals surface area contributed by atoms with Crippen LogP contribution in [0.15, 0.2) is 41.8 Å². The SMILES string of the molecule is CCc1ccccc1NC(=S)NC1C[C@H]2CCC[C@@H](C1)N2Cc1cccs1. The van der Waals surface area contributed by atoms with Crippen LogP contribution < -0.4 is 10.6 Å². The molecule has 144 valence electrons. The van der Waals surface area contributed by atoms with Crippen LogP contribution in [0.3, 0.4) is 0 Å². The van der Waals surface area contributed by atoms with Gasteiger partial charge in [-0.3, -0.25) is 4.90 Å². The lowest BCUT2D eigenvalue weighted by molar-refractivity contribution is 0.0220. The van der Waals surface area contributed by atoms with Gasteiger partial charge in [0.25, 0.3) is 0 Å². The number of anilines is 1. The second-order valence-corrected chi connectivity index (χ2v) is 9.21. The molecule has 5 heteroatoms. The van der Waals surface area contributed by atoms with E-state index in [-0.39, 0.29) is 0 Å². The Morgan fingerprint density at radius 1 is 1.15 bits per heavy atom. The number of para-hydroxylation sites is 1. The molecule has 0 spiro atoms. The number of thiophene rings is 1. The number of hydrogen-bond acceptors (Lipinski definition) is 3.